The van der Waals surface area contributed by atoms with Crippen molar-refractivity contribution in [3.05, 3.63) is 23.5 Å². The summed E-state index contributed by atoms with van der Waals surface area (Å²) in [7, 11) is 0. The van der Waals surface area contributed by atoms with Crippen LogP contribution in [0.15, 0.2) is 18.3 Å². The van der Waals surface area contributed by atoms with Gasteiger partial charge in [0.05, 0.1) is 12.2 Å². The number of hydrogen-bond acceptors (Lipinski definition) is 3. The van der Waals surface area contributed by atoms with Crippen LogP contribution >= 0.6 is 11.6 Å². The SMILES string of the molecule is OC1(CCOc2cccnc2Cl)CCC1. The zero-order valence-corrected chi connectivity index (χ0v) is 9.20. The van der Waals surface area contributed by atoms with E-state index in [-0.39, 0.29) is 0 Å². The molecule has 1 aliphatic rings. The van der Waals surface area contributed by atoms with Crippen LogP contribution < -0.4 is 4.74 Å². The highest BCUT2D eigenvalue weighted by atomic mass is 35.5. The molecule has 3 nitrogen and oxygen atoms in total. The summed E-state index contributed by atoms with van der Waals surface area (Å²) in [5, 5.41) is 10.2. The molecule has 0 atom stereocenters. The van der Waals surface area contributed by atoms with Gasteiger partial charge in [-0.25, -0.2) is 4.98 Å². The molecule has 1 heterocycles. The molecular formula is C11H14ClNO2. The molecule has 0 unspecified atom stereocenters. The first-order valence-corrected chi connectivity index (χ1v) is 5.53. The summed E-state index contributed by atoms with van der Waals surface area (Å²) in [6.07, 6.45) is 5.17. The minimum absolute atomic E-state index is 0.373. The van der Waals surface area contributed by atoms with Gasteiger partial charge in [0.25, 0.3) is 0 Å². The van der Waals surface area contributed by atoms with Crippen molar-refractivity contribution in [2.45, 2.75) is 31.3 Å². The average Bonchev–Trinajstić information content (AvgIpc) is 2.18. The standard InChI is InChI=1S/C11H14ClNO2/c12-10-9(3-1-7-13-10)15-8-6-11(14)4-2-5-11/h1,3,7,14H,2,4-6,8H2. The molecule has 1 aliphatic carbocycles. The lowest BCUT2D eigenvalue weighted by Crippen LogP contribution is -2.38. The number of rotatable bonds is 4. The second-order valence-corrected chi connectivity index (χ2v) is 4.33. The van der Waals surface area contributed by atoms with E-state index in [1.807, 2.05) is 0 Å². The number of ether oxygens (including phenoxy) is 1. The summed E-state index contributed by atoms with van der Waals surface area (Å²) >= 11 is 5.82. The fourth-order valence-electron chi connectivity index (χ4n) is 1.66. The van der Waals surface area contributed by atoms with Gasteiger partial charge in [-0.3, -0.25) is 0 Å². The number of nitrogens with zero attached hydrogens (tertiary/aromatic N) is 1. The maximum Gasteiger partial charge on any atom is 0.171 e. The quantitative estimate of drug-likeness (QED) is 0.804. The molecule has 0 spiro atoms. The van der Waals surface area contributed by atoms with Crippen molar-refractivity contribution in [2.75, 3.05) is 6.61 Å². The van der Waals surface area contributed by atoms with Gasteiger partial charge in [-0.2, -0.15) is 0 Å². The Labute approximate surface area is 94.0 Å². The maximum absolute atomic E-state index is 9.83. The summed E-state index contributed by atoms with van der Waals surface area (Å²) in [6.45, 7) is 0.488. The molecule has 1 N–H and O–H groups in total. The van der Waals surface area contributed by atoms with Crippen molar-refractivity contribution in [3.63, 3.8) is 0 Å². The van der Waals surface area contributed by atoms with E-state index >= 15 is 0 Å². The summed E-state index contributed by atoms with van der Waals surface area (Å²) in [5.41, 5.74) is -0.491. The summed E-state index contributed by atoms with van der Waals surface area (Å²) in [5.74, 6) is 0.585. The van der Waals surface area contributed by atoms with Gasteiger partial charge in [-0.1, -0.05) is 11.6 Å². The molecule has 82 valence electrons. The number of halogens is 1. The van der Waals surface area contributed by atoms with E-state index in [2.05, 4.69) is 4.98 Å². The Morgan fingerprint density at radius 2 is 2.33 bits per heavy atom. The zero-order valence-electron chi connectivity index (χ0n) is 8.45. The zero-order chi connectivity index (χ0) is 10.7. The molecule has 0 aliphatic heterocycles. The first-order valence-electron chi connectivity index (χ1n) is 5.15. The lowest BCUT2D eigenvalue weighted by atomic mass is 9.78. The summed E-state index contributed by atoms with van der Waals surface area (Å²) in [4.78, 5) is 3.91. The van der Waals surface area contributed by atoms with Gasteiger partial charge in [0.2, 0.25) is 0 Å². The fraction of sp³-hybridized carbons (Fsp3) is 0.545. The van der Waals surface area contributed by atoms with Crippen molar-refractivity contribution in [3.8, 4) is 5.75 Å². The molecule has 0 amide bonds. The van der Waals surface area contributed by atoms with Crippen LogP contribution in [-0.2, 0) is 0 Å². The fourth-order valence-corrected chi connectivity index (χ4v) is 1.84. The van der Waals surface area contributed by atoms with Crippen molar-refractivity contribution in [1.82, 2.24) is 4.98 Å². The van der Waals surface area contributed by atoms with E-state index in [1.54, 1.807) is 18.3 Å². The molecule has 0 radical (unpaired) electrons. The smallest absolute Gasteiger partial charge is 0.171 e. The molecule has 0 aromatic carbocycles. The van der Waals surface area contributed by atoms with Crippen LogP contribution in [-0.4, -0.2) is 22.3 Å². The molecule has 1 saturated carbocycles. The summed E-state index contributed by atoms with van der Waals surface area (Å²) < 4.78 is 5.45. The van der Waals surface area contributed by atoms with Crippen LogP contribution in [0, 0.1) is 0 Å². The number of aliphatic hydroxyl groups is 1. The van der Waals surface area contributed by atoms with E-state index in [0.29, 0.717) is 23.9 Å². The lowest BCUT2D eigenvalue weighted by molar-refractivity contribution is -0.0482. The molecule has 2 rings (SSSR count). The average molecular weight is 228 g/mol. The van der Waals surface area contributed by atoms with E-state index in [0.717, 1.165) is 19.3 Å². The Balaban J connectivity index is 1.81. The highest BCUT2D eigenvalue weighted by Crippen LogP contribution is 2.34. The highest BCUT2D eigenvalue weighted by molar-refractivity contribution is 6.30. The Hall–Kier alpha value is -0.800. The third-order valence-corrected chi connectivity index (χ3v) is 3.12. The van der Waals surface area contributed by atoms with Gasteiger partial charge < -0.3 is 9.84 Å². The highest BCUT2D eigenvalue weighted by Gasteiger charge is 2.33. The van der Waals surface area contributed by atoms with Crippen LogP contribution in [0.4, 0.5) is 0 Å². The molecular weight excluding hydrogens is 214 g/mol. The van der Waals surface area contributed by atoms with Gasteiger partial charge in [0.1, 0.15) is 0 Å². The largest absolute Gasteiger partial charge is 0.490 e. The van der Waals surface area contributed by atoms with Gasteiger partial charge in [0.15, 0.2) is 10.9 Å². The second kappa shape index (κ2) is 4.37. The second-order valence-electron chi connectivity index (χ2n) is 3.97. The molecule has 1 fully saturated rings. The molecule has 1 aromatic heterocycles. The van der Waals surface area contributed by atoms with Gasteiger partial charge >= 0.3 is 0 Å². The first kappa shape index (κ1) is 10.7. The summed E-state index contributed by atoms with van der Waals surface area (Å²) in [6, 6.07) is 3.55. The maximum atomic E-state index is 9.83. The predicted molar refractivity (Wildman–Crippen MR) is 58.2 cm³/mol. The van der Waals surface area contributed by atoms with E-state index in [1.165, 1.54) is 0 Å². The van der Waals surface area contributed by atoms with E-state index in [9.17, 15) is 5.11 Å². The van der Waals surface area contributed by atoms with Crippen LogP contribution in [0.1, 0.15) is 25.7 Å². The van der Waals surface area contributed by atoms with Crippen LogP contribution in [0.25, 0.3) is 0 Å². The van der Waals surface area contributed by atoms with Crippen LogP contribution in [0.5, 0.6) is 5.75 Å². The predicted octanol–water partition coefficient (Wildman–Crippen LogP) is 2.42. The molecule has 0 bridgehead atoms. The minimum Gasteiger partial charge on any atom is -0.490 e. The third kappa shape index (κ3) is 2.61. The van der Waals surface area contributed by atoms with E-state index < -0.39 is 5.60 Å². The Morgan fingerprint density at radius 1 is 1.53 bits per heavy atom. The van der Waals surface area contributed by atoms with Gasteiger partial charge in [-0.15, -0.1) is 0 Å². The molecule has 15 heavy (non-hydrogen) atoms. The topological polar surface area (TPSA) is 42.4 Å². The first-order chi connectivity index (χ1) is 7.20. The Kier molecular flexibility index (Phi) is 3.12. The molecule has 1 aromatic rings. The van der Waals surface area contributed by atoms with Crippen molar-refractivity contribution >= 4 is 11.6 Å². The van der Waals surface area contributed by atoms with Crippen LogP contribution in [0.2, 0.25) is 5.15 Å². The Morgan fingerprint density at radius 3 is 2.93 bits per heavy atom. The van der Waals surface area contributed by atoms with E-state index in [4.69, 9.17) is 16.3 Å². The monoisotopic (exact) mass is 227 g/mol. The lowest BCUT2D eigenvalue weighted by Gasteiger charge is -2.36. The number of aromatic nitrogens is 1. The molecule has 4 heteroatoms. The van der Waals surface area contributed by atoms with Gasteiger partial charge in [-0.05, 0) is 31.4 Å². The molecule has 0 saturated heterocycles. The van der Waals surface area contributed by atoms with Gasteiger partial charge in [0, 0.05) is 12.6 Å². The minimum atomic E-state index is -0.491. The van der Waals surface area contributed by atoms with Crippen LogP contribution in [0.3, 0.4) is 0 Å². The third-order valence-electron chi connectivity index (χ3n) is 2.83. The normalized spacial score (nSPS) is 18.3. The number of pyridine rings is 1. The van der Waals surface area contributed by atoms with Crippen molar-refractivity contribution < 1.29 is 9.84 Å². The number of hydrogen-bond donors (Lipinski definition) is 1. The van der Waals surface area contributed by atoms with Crippen molar-refractivity contribution in [2.24, 2.45) is 0 Å². The Bertz CT molecular complexity index is 339. The van der Waals surface area contributed by atoms with Crippen molar-refractivity contribution in [1.29, 1.82) is 0 Å².